The summed E-state index contributed by atoms with van der Waals surface area (Å²) >= 11 is 9.78. The lowest BCUT2D eigenvalue weighted by molar-refractivity contribution is 0.101. The Hall–Kier alpha value is -5.03. The predicted octanol–water partition coefficient (Wildman–Crippen LogP) is 20.4. The van der Waals surface area contributed by atoms with E-state index in [0.29, 0.717) is 74.6 Å². The molecule has 1 unspecified atom stereocenters. The molecule has 0 radical (unpaired) electrons. The van der Waals surface area contributed by atoms with Crippen LogP contribution in [0.15, 0.2) is 119 Å². The number of rotatable bonds is 25. The zero-order valence-electron chi connectivity index (χ0n) is 69.6. The molecule has 0 amide bonds. The first-order chi connectivity index (χ1) is 51.5. The van der Waals surface area contributed by atoms with Crippen molar-refractivity contribution < 1.29 is 33.9 Å². The Morgan fingerprint density at radius 1 is 0.530 bits per heavy atom. The number of aliphatic hydroxyl groups is 1. The second-order valence-electron chi connectivity index (χ2n) is 30.9. The van der Waals surface area contributed by atoms with Crippen molar-refractivity contribution >= 4 is 162 Å². The number of hydrogen-bond donors (Lipinski definition) is 1. The molecule has 115 heavy (non-hydrogen) atoms. The van der Waals surface area contributed by atoms with Crippen molar-refractivity contribution in [3.8, 4) is 0 Å². The van der Waals surface area contributed by atoms with Crippen molar-refractivity contribution in [3.05, 3.63) is 169 Å². The van der Waals surface area contributed by atoms with E-state index in [1.165, 1.54) is 104 Å². The van der Waals surface area contributed by atoms with Gasteiger partial charge in [0.25, 0.3) is 0 Å². The SMILES string of the molecule is C.C.C.C.C.C.CC(C)c1cc(N2CCCCC2)c(C(=O)C[S+](C)C)cc1Br.CN(C)c1cc(Cl)cc(C(=O)C[S+]2CCCCC2)c1.CN(C)c1ccc(C(=O)C[S+](C)C)cc1CCO.CN(C)c1ccccc1C(=O)C[S+](C)C.CN(c1ccc2c(c1)[S+](C)CC2=O)C1CCCCC1.Cc1ccc(C(=O)C[S+](C)C)c(N(C)C)c1. The van der Waals surface area contributed by atoms with Crippen molar-refractivity contribution in [3.63, 3.8) is 0 Å². The summed E-state index contributed by atoms with van der Waals surface area (Å²) in [5.41, 5.74) is 15.1. The van der Waals surface area contributed by atoms with Crippen molar-refractivity contribution in [1.82, 2.24) is 0 Å². The number of benzene rings is 6. The van der Waals surface area contributed by atoms with Crippen LogP contribution < -0.4 is 29.4 Å². The van der Waals surface area contributed by atoms with Gasteiger partial charge in [-0.2, -0.15) is 0 Å². The van der Waals surface area contributed by atoms with E-state index in [-0.39, 0.29) is 135 Å². The number of fused-ring (bicyclic) bond motifs is 1. The van der Waals surface area contributed by atoms with E-state index in [2.05, 4.69) is 133 Å². The van der Waals surface area contributed by atoms with Gasteiger partial charge in [0.2, 0.25) is 34.7 Å². The summed E-state index contributed by atoms with van der Waals surface area (Å²) in [6, 6.07) is 36.6. The van der Waals surface area contributed by atoms with Crippen LogP contribution in [0.5, 0.6) is 0 Å². The molecule has 3 fully saturated rings. The number of ketones is 6. The average Bonchev–Trinajstić information content (AvgIpc) is 1.78. The molecule has 0 spiro atoms. The van der Waals surface area contributed by atoms with Crippen LogP contribution >= 0.6 is 27.5 Å². The number of carbonyl (C=O) groups excluding carboxylic acids is 6. The fraction of sp³-hybridized carbons (Fsp3) is 0.553. The van der Waals surface area contributed by atoms with Crippen molar-refractivity contribution in [2.75, 3.05) is 215 Å². The molecule has 3 heterocycles. The number of para-hydroxylation sites is 1. The van der Waals surface area contributed by atoms with Crippen LogP contribution in [0, 0.1) is 6.92 Å². The van der Waals surface area contributed by atoms with E-state index < -0.39 is 0 Å². The number of halogens is 2. The van der Waals surface area contributed by atoms with Gasteiger partial charge in [0.1, 0.15) is 17.8 Å². The van der Waals surface area contributed by atoms with Gasteiger partial charge in [-0.05, 0) is 227 Å². The highest BCUT2D eigenvalue weighted by atomic mass is 79.9. The Morgan fingerprint density at radius 2 is 1.04 bits per heavy atom. The number of hydrogen-bond acceptors (Lipinski definition) is 13. The smallest absolute Gasteiger partial charge is 0.217 e. The first-order valence-electron chi connectivity index (χ1n) is 38.0. The summed E-state index contributed by atoms with van der Waals surface area (Å²) < 4.78 is 1.07. The first-order valence-corrected chi connectivity index (χ1v) is 51.6. The Morgan fingerprint density at radius 3 is 1.57 bits per heavy atom. The van der Waals surface area contributed by atoms with Gasteiger partial charge in [0.05, 0.1) is 55.6 Å². The Kier molecular flexibility index (Phi) is 55.0. The summed E-state index contributed by atoms with van der Waals surface area (Å²) in [7, 11) is 18.9. The van der Waals surface area contributed by atoms with Crippen LogP contribution in [0.3, 0.4) is 0 Å². The number of aliphatic hydroxyl groups excluding tert-OH is 1. The minimum atomic E-state index is 0. The molecule has 1 atom stereocenters. The molecule has 21 heteroatoms. The Bertz CT molecular complexity index is 3930. The van der Waals surface area contributed by atoms with Gasteiger partial charge in [0, 0.05) is 178 Å². The van der Waals surface area contributed by atoms with E-state index in [0.717, 1.165) is 84.9 Å². The van der Waals surface area contributed by atoms with Gasteiger partial charge >= 0.3 is 0 Å². The molecule has 1 aliphatic carbocycles. The molecule has 1 saturated carbocycles. The minimum Gasteiger partial charge on any atom is -0.396 e. The molecule has 6 aromatic rings. The summed E-state index contributed by atoms with van der Waals surface area (Å²) in [4.78, 5) is 87.1. The molecule has 13 nitrogen and oxygen atoms in total. The van der Waals surface area contributed by atoms with Crippen molar-refractivity contribution in [2.45, 2.75) is 159 Å². The second kappa shape index (κ2) is 56.5. The van der Waals surface area contributed by atoms with Gasteiger partial charge in [-0.25, -0.2) is 0 Å². The third-order valence-electron chi connectivity index (χ3n) is 19.2. The molecule has 646 valence electrons. The van der Waals surface area contributed by atoms with Gasteiger partial charge in [0.15, 0.2) is 39.4 Å². The van der Waals surface area contributed by atoms with Gasteiger partial charge in [-0.1, -0.05) is 123 Å². The summed E-state index contributed by atoms with van der Waals surface area (Å²) in [5, 5.41) is 9.74. The van der Waals surface area contributed by atoms with Gasteiger partial charge in [-0.3, -0.25) is 28.8 Å². The molecule has 3 aliphatic heterocycles. The van der Waals surface area contributed by atoms with E-state index in [4.69, 9.17) is 16.7 Å². The molecule has 2 saturated heterocycles. The van der Waals surface area contributed by atoms with Crippen molar-refractivity contribution in [1.29, 1.82) is 0 Å². The highest BCUT2D eigenvalue weighted by molar-refractivity contribution is 9.10. The minimum absolute atomic E-state index is 0. The number of aryl methyl sites for hydroxylation is 1. The lowest BCUT2D eigenvalue weighted by Crippen LogP contribution is -2.33. The standard InChI is InChI=1S/C18H27BrNOS.C16H22NOS.C15H21ClNOS.C14H22NO2S.C13H20NOS.C12H18NOS.6CH4/c1-13(2)14-11-17(20-8-6-5-7-9-20)15(10-16(14)19)18(21)12-22(3)4;1-17(12-6-4-3-5-7-12)13-8-9-14-15(18)11-19(2)16(14)10-13;1-17(2)14-9-12(8-13(16)10-14)15(18)11-19-6-4-3-5-7-19;1-15(2)13-6-5-12(9-11(13)7-8-16)14(17)10-18(3)4;1-10-6-7-11(12(8-10)14(2)3)13(15)9-16(4)5;1-13(2)11-8-6-5-7-10(11)12(14)9-15(3)4;;;;;;/h10-11,13H,5-9,12H2,1-4H3;8-10,12H,3-7,11H2,1-2H3;8-10H,3-7,11H2,1-2H3;5-6,9,16H,7-8,10H2,1-4H3;6-8H,9H2,1-5H3;5-8H,9H2,1-4H3;6*1H4/q6*+1;;;;;;. The Balaban J connectivity index is 0. The predicted molar refractivity (Wildman–Crippen MR) is 535 cm³/mol. The molecular formula is C94H154BrClN6O7S6+6. The van der Waals surface area contributed by atoms with Gasteiger partial charge < -0.3 is 34.5 Å². The molecule has 0 bridgehead atoms. The zero-order chi connectivity index (χ0) is 80.9. The fourth-order valence-corrected chi connectivity index (χ4v) is 21.0. The molecule has 4 aliphatic rings. The van der Waals surface area contributed by atoms with Crippen LogP contribution in [-0.2, 0) is 71.8 Å². The third-order valence-corrected chi connectivity index (χ3v) is 27.7. The highest BCUT2D eigenvalue weighted by Gasteiger charge is 2.36. The topological polar surface area (TPSA) is 142 Å². The van der Waals surface area contributed by atoms with Crippen LogP contribution in [0.2, 0.25) is 5.02 Å². The maximum absolute atomic E-state index is 12.7. The Labute approximate surface area is 732 Å². The second-order valence-corrected chi connectivity index (χ2v) is 45.5. The third kappa shape index (κ3) is 36.8. The number of carbonyl (C=O) groups is 6. The average molecular weight is 1790 g/mol. The fourth-order valence-electron chi connectivity index (χ4n) is 13.4. The van der Waals surface area contributed by atoms with Gasteiger partial charge in [-0.15, -0.1) is 0 Å². The van der Waals surface area contributed by atoms with E-state index in [1.807, 2.05) is 156 Å². The molecule has 6 aromatic carbocycles. The van der Waals surface area contributed by atoms with E-state index in [9.17, 15) is 28.8 Å². The monoisotopic (exact) mass is 1780 g/mol. The molecular weight excluding hydrogens is 1630 g/mol. The number of piperidine rings is 1. The number of Topliss-reactive ketones (excluding diaryl/α,β-unsaturated/α-hetero) is 6. The van der Waals surface area contributed by atoms with Crippen LogP contribution in [-0.4, -0.2) is 231 Å². The van der Waals surface area contributed by atoms with Crippen LogP contribution in [0.25, 0.3) is 0 Å². The normalized spacial score (nSPS) is 14.1. The van der Waals surface area contributed by atoms with E-state index >= 15 is 0 Å². The van der Waals surface area contributed by atoms with E-state index in [1.54, 1.807) is 6.07 Å². The maximum Gasteiger partial charge on any atom is 0.217 e. The molecule has 1 N–H and O–H groups in total. The molecule has 10 rings (SSSR count). The lowest BCUT2D eigenvalue weighted by Gasteiger charge is -2.33. The summed E-state index contributed by atoms with van der Waals surface area (Å²) in [5.74, 6) is 8.39. The van der Waals surface area contributed by atoms with Crippen LogP contribution in [0.4, 0.5) is 34.1 Å². The zero-order valence-corrected chi connectivity index (χ0v) is 76.8. The van der Waals surface area contributed by atoms with Crippen LogP contribution in [0.1, 0.15) is 214 Å². The maximum atomic E-state index is 12.7. The van der Waals surface area contributed by atoms with Crippen molar-refractivity contribution in [2.24, 2.45) is 0 Å². The quantitative estimate of drug-likeness (QED) is 0.0430. The lowest BCUT2D eigenvalue weighted by atomic mass is 9.94. The first kappa shape index (κ1) is 112. The largest absolute Gasteiger partial charge is 0.396 e. The molecule has 0 aromatic heterocycles. The number of nitrogens with zero attached hydrogens (tertiary/aromatic N) is 6. The summed E-state index contributed by atoms with van der Waals surface area (Å²) in [6.07, 6.45) is 34.0. The number of anilines is 6. The highest BCUT2D eigenvalue weighted by Crippen LogP contribution is 2.36. The summed E-state index contributed by atoms with van der Waals surface area (Å²) in [6.45, 7) is 8.71.